The fraction of sp³-hybridized carbons (Fsp3) is 0.0156. The van der Waals surface area contributed by atoms with Crippen molar-refractivity contribution in [1.29, 1.82) is 0 Å². The maximum Gasteiger partial charge on any atom is 0.167 e. The molecule has 70 heavy (non-hydrogen) atoms. The van der Waals surface area contributed by atoms with Crippen molar-refractivity contribution in [1.82, 2.24) is 15.0 Å². The summed E-state index contributed by atoms with van der Waals surface area (Å²) in [5.41, 5.74) is 18.0. The molecule has 0 unspecified atom stereocenters. The van der Waals surface area contributed by atoms with E-state index in [1.807, 2.05) is 30.3 Å². The molecule has 16 rings (SSSR count). The van der Waals surface area contributed by atoms with Gasteiger partial charge in [-0.3, -0.25) is 0 Å². The second-order valence-electron chi connectivity index (χ2n) is 18.5. The largest absolute Gasteiger partial charge is 0.456 e. The van der Waals surface area contributed by atoms with Crippen LogP contribution >= 0.6 is 11.3 Å². The van der Waals surface area contributed by atoms with Crippen LogP contribution in [0, 0.1) is 0 Å². The van der Waals surface area contributed by atoms with Gasteiger partial charge in [-0.25, -0.2) is 15.0 Å². The zero-order chi connectivity index (χ0) is 45.7. The molecule has 5 nitrogen and oxygen atoms in total. The van der Waals surface area contributed by atoms with Crippen LogP contribution in [-0.4, -0.2) is 15.0 Å². The number of fused-ring (bicyclic) bond motifs is 19. The Hall–Kier alpha value is -8.97. The lowest BCUT2D eigenvalue weighted by Gasteiger charge is -2.30. The van der Waals surface area contributed by atoms with Crippen LogP contribution in [0.5, 0.6) is 0 Å². The van der Waals surface area contributed by atoms with Gasteiger partial charge in [0, 0.05) is 52.8 Å². The van der Waals surface area contributed by atoms with Gasteiger partial charge in [0.2, 0.25) is 0 Å². The van der Waals surface area contributed by atoms with Gasteiger partial charge in [-0.15, -0.1) is 11.3 Å². The number of benzene rings is 10. The van der Waals surface area contributed by atoms with Crippen LogP contribution in [0.25, 0.3) is 132 Å². The number of furan rings is 2. The van der Waals surface area contributed by atoms with E-state index in [4.69, 9.17) is 23.8 Å². The van der Waals surface area contributed by atoms with Crippen LogP contribution in [0.4, 0.5) is 0 Å². The molecule has 0 bridgehead atoms. The lowest BCUT2D eigenvalue weighted by molar-refractivity contribution is 0.668. The van der Waals surface area contributed by atoms with E-state index in [-0.39, 0.29) is 0 Å². The predicted molar refractivity (Wildman–Crippen MR) is 285 cm³/mol. The summed E-state index contributed by atoms with van der Waals surface area (Å²) >= 11 is 1.78. The van der Waals surface area contributed by atoms with E-state index in [9.17, 15) is 0 Å². The summed E-state index contributed by atoms with van der Waals surface area (Å²) in [5, 5.41) is 6.32. The van der Waals surface area contributed by atoms with Crippen LogP contribution in [0.15, 0.2) is 221 Å². The number of rotatable bonds is 4. The van der Waals surface area contributed by atoms with Gasteiger partial charge in [0.25, 0.3) is 0 Å². The first-order chi connectivity index (χ1) is 34.7. The fourth-order valence-electron chi connectivity index (χ4n) is 12.1. The molecule has 1 spiro atoms. The van der Waals surface area contributed by atoms with Gasteiger partial charge in [-0.2, -0.15) is 0 Å². The van der Waals surface area contributed by atoms with Crippen LogP contribution in [0.1, 0.15) is 22.3 Å². The Kier molecular flexibility index (Phi) is 7.63. The number of hydrogen-bond acceptors (Lipinski definition) is 6. The van der Waals surface area contributed by atoms with Gasteiger partial charge in [-0.05, 0) is 104 Å². The molecule has 0 atom stereocenters. The Morgan fingerprint density at radius 3 is 1.57 bits per heavy atom. The zero-order valence-corrected chi connectivity index (χ0v) is 38.1. The molecule has 0 N–H and O–H groups in total. The fourth-order valence-corrected chi connectivity index (χ4v) is 13.2. The van der Waals surface area contributed by atoms with E-state index >= 15 is 0 Å². The normalized spacial score (nSPS) is 13.3. The highest BCUT2D eigenvalue weighted by molar-refractivity contribution is 7.25. The molecule has 324 valence electrons. The first-order valence-electron chi connectivity index (χ1n) is 23.7. The van der Waals surface area contributed by atoms with Gasteiger partial charge in [0.05, 0.1) is 11.0 Å². The Morgan fingerprint density at radius 1 is 0.314 bits per heavy atom. The Balaban J connectivity index is 0.918. The maximum atomic E-state index is 6.71. The van der Waals surface area contributed by atoms with Crippen molar-refractivity contribution < 1.29 is 8.83 Å². The SMILES string of the molecule is c1ccc2c(c1)-c1ccccc1C21c2ccccc2-c2ccc(-c3ccc4oc5cccc(-c6nc(-c7cccc8c7oc7ccccc78)nc(-c7cccc8sc9ccccc9c78)n6)c5c4c3)cc21. The van der Waals surface area contributed by atoms with Gasteiger partial charge in [0.15, 0.2) is 17.5 Å². The third-order valence-corrected chi connectivity index (χ3v) is 16.1. The van der Waals surface area contributed by atoms with Crippen molar-refractivity contribution in [2.24, 2.45) is 0 Å². The summed E-state index contributed by atoms with van der Waals surface area (Å²) in [6, 6.07) is 76.1. The Morgan fingerprint density at radius 2 is 0.814 bits per heavy atom. The van der Waals surface area contributed by atoms with E-state index in [1.54, 1.807) is 11.3 Å². The molecule has 0 saturated heterocycles. The molecule has 0 radical (unpaired) electrons. The maximum absolute atomic E-state index is 6.71. The summed E-state index contributed by atoms with van der Waals surface area (Å²) in [6.45, 7) is 0. The summed E-state index contributed by atoms with van der Waals surface area (Å²) in [4.78, 5) is 16.1. The highest BCUT2D eigenvalue weighted by Gasteiger charge is 2.51. The van der Waals surface area contributed by atoms with E-state index < -0.39 is 5.41 Å². The molecular formula is C64H35N3O2S. The predicted octanol–water partition coefficient (Wildman–Crippen LogP) is 17.0. The van der Waals surface area contributed by atoms with Crippen molar-refractivity contribution in [3.8, 4) is 67.5 Å². The minimum atomic E-state index is -0.435. The molecule has 0 saturated carbocycles. The quantitative estimate of drug-likeness (QED) is 0.176. The van der Waals surface area contributed by atoms with E-state index in [2.05, 4.69) is 182 Å². The molecule has 4 aromatic heterocycles. The second kappa shape index (κ2) is 14.0. The van der Waals surface area contributed by atoms with Crippen molar-refractivity contribution in [2.45, 2.75) is 5.41 Å². The third-order valence-electron chi connectivity index (χ3n) is 15.0. The first-order valence-corrected chi connectivity index (χ1v) is 24.5. The lowest BCUT2D eigenvalue weighted by atomic mass is 9.70. The minimum Gasteiger partial charge on any atom is -0.456 e. The summed E-state index contributed by atoms with van der Waals surface area (Å²) in [6.07, 6.45) is 0. The molecule has 0 fully saturated rings. The van der Waals surface area contributed by atoms with Gasteiger partial charge >= 0.3 is 0 Å². The molecule has 4 heterocycles. The van der Waals surface area contributed by atoms with Crippen LogP contribution in [0.2, 0.25) is 0 Å². The van der Waals surface area contributed by atoms with Crippen molar-refractivity contribution >= 4 is 75.4 Å². The standard InChI is InChI=1S/C64H35N3O2S/c1-6-23-49-38(14-1)39-15-2-7-24-50(39)64(49)51-25-8-3-16-40(51)41-32-30-37(35-52(41)64)36-31-33-54-48(34-36)58-45(20-12-27-55(58)68-54)61-65-62(46-21-13-29-57-59(46)44-18-5-10-28-56(44)70-57)67-63(66-61)47-22-11-19-43-42-17-4-9-26-53(42)69-60(43)47/h1-35H. The number of thiophene rings is 1. The number of para-hydroxylation sites is 2. The van der Waals surface area contributed by atoms with Gasteiger partial charge < -0.3 is 8.83 Å². The number of aromatic nitrogens is 3. The summed E-state index contributed by atoms with van der Waals surface area (Å²) in [7, 11) is 0. The monoisotopic (exact) mass is 909 g/mol. The third kappa shape index (κ3) is 5.07. The Bertz CT molecular complexity index is 4510. The number of hydrogen-bond donors (Lipinski definition) is 0. The molecule has 14 aromatic rings. The van der Waals surface area contributed by atoms with E-state index in [0.29, 0.717) is 17.5 Å². The van der Waals surface area contributed by atoms with Crippen molar-refractivity contribution in [3.05, 3.63) is 235 Å². The molecule has 2 aliphatic rings. The number of nitrogens with zero attached hydrogens (tertiary/aromatic N) is 3. The molecule has 0 aliphatic heterocycles. The second-order valence-corrected chi connectivity index (χ2v) is 19.6. The average Bonchev–Trinajstić information content (AvgIpc) is 4.23. The molecule has 6 heteroatoms. The molecular weight excluding hydrogens is 875 g/mol. The zero-order valence-electron chi connectivity index (χ0n) is 37.3. The van der Waals surface area contributed by atoms with Crippen molar-refractivity contribution in [2.75, 3.05) is 0 Å². The van der Waals surface area contributed by atoms with Crippen molar-refractivity contribution in [3.63, 3.8) is 0 Å². The topological polar surface area (TPSA) is 65.0 Å². The van der Waals surface area contributed by atoms with Gasteiger partial charge in [-0.1, -0.05) is 164 Å². The average molecular weight is 910 g/mol. The van der Waals surface area contributed by atoms with Crippen LogP contribution in [-0.2, 0) is 5.41 Å². The molecule has 0 amide bonds. The highest BCUT2D eigenvalue weighted by Crippen LogP contribution is 2.63. The summed E-state index contributed by atoms with van der Waals surface area (Å²) in [5.74, 6) is 1.69. The van der Waals surface area contributed by atoms with E-state index in [0.717, 1.165) is 77.1 Å². The van der Waals surface area contributed by atoms with Crippen LogP contribution < -0.4 is 0 Å². The van der Waals surface area contributed by atoms with Crippen LogP contribution in [0.3, 0.4) is 0 Å². The molecule has 10 aromatic carbocycles. The van der Waals surface area contributed by atoms with Gasteiger partial charge in [0.1, 0.15) is 22.3 Å². The first kappa shape index (κ1) is 38.0. The Labute approximate surface area is 404 Å². The summed E-state index contributed by atoms with van der Waals surface area (Å²) < 4.78 is 15.7. The molecule has 2 aliphatic carbocycles. The smallest absolute Gasteiger partial charge is 0.167 e. The van der Waals surface area contributed by atoms with E-state index in [1.165, 1.54) is 59.3 Å². The minimum absolute atomic E-state index is 0.435. The highest BCUT2D eigenvalue weighted by atomic mass is 32.1. The lowest BCUT2D eigenvalue weighted by Crippen LogP contribution is -2.25.